The highest BCUT2D eigenvalue weighted by Gasteiger charge is 2.18. The second kappa shape index (κ2) is 5.40. The van der Waals surface area contributed by atoms with Crippen LogP contribution in [0.3, 0.4) is 0 Å². The largest absolute Gasteiger partial charge is 0.489 e. The van der Waals surface area contributed by atoms with E-state index in [0.717, 1.165) is 18.6 Å². The molecule has 102 valence electrons. The van der Waals surface area contributed by atoms with E-state index in [1.54, 1.807) is 10.6 Å². The molecule has 2 aromatic rings. The summed E-state index contributed by atoms with van der Waals surface area (Å²) in [6, 6.07) is 7.35. The maximum absolute atomic E-state index is 12.2. The first-order chi connectivity index (χ1) is 9.10. The second-order valence-electron chi connectivity index (χ2n) is 4.45. The van der Waals surface area contributed by atoms with Crippen LogP contribution < -0.4 is 5.56 Å². The highest BCUT2D eigenvalue weighted by atomic mass is 16.3. The van der Waals surface area contributed by atoms with E-state index >= 15 is 0 Å². The zero-order valence-electron chi connectivity index (χ0n) is 11.5. The number of rotatable bonds is 4. The monoisotopic (exact) mass is 261 g/mol. The van der Waals surface area contributed by atoms with E-state index < -0.39 is 11.4 Å². The summed E-state index contributed by atoms with van der Waals surface area (Å²) < 4.78 is 1.60. The van der Waals surface area contributed by atoms with Gasteiger partial charge in [0.25, 0.3) is 5.88 Å². The molecular formula is C14H19N3O2. The molecule has 1 aromatic carbocycles. The molecule has 2 rings (SSSR count). The molecule has 0 saturated heterocycles. The lowest BCUT2D eigenvalue weighted by Gasteiger charge is -2.28. The summed E-state index contributed by atoms with van der Waals surface area (Å²) >= 11 is 0. The van der Waals surface area contributed by atoms with Crippen LogP contribution in [0.4, 0.5) is 0 Å². The summed E-state index contributed by atoms with van der Waals surface area (Å²) in [5.74, 6) is -0.447. The third kappa shape index (κ3) is 2.33. The average Bonchev–Trinajstić information content (AvgIpc) is 2.41. The molecule has 1 heterocycles. The fourth-order valence-electron chi connectivity index (χ4n) is 2.43. The van der Waals surface area contributed by atoms with Crippen molar-refractivity contribution in [2.45, 2.75) is 26.9 Å². The van der Waals surface area contributed by atoms with Gasteiger partial charge in [-0.3, -0.25) is 14.3 Å². The predicted molar refractivity (Wildman–Crippen MR) is 75.3 cm³/mol. The van der Waals surface area contributed by atoms with E-state index in [1.807, 2.05) is 39.0 Å². The molecular weight excluding hydrogens is 242 g/mol. The molecule has 0 bridgehead atoms. The first-order valence-electron chi connectivity index (χ1n) is 6.54. The van der Waals surface area contributed by atoms with Crippen LogP contribution in [0.25, 0.3) is 11.0 Å². The summed E-state index contributed by atoms with van der Waals surface area (Å²) in [7, 11) is 0. The minimum absolute atomic E-state index is 0.124. The Labute approximate surface area is 112 Å². The van der Waals surface area contributed by atoms with Crippen LogP contribution in [0.2, 0.25) is 0 Å². The number of hydrogen-bond donors (Lipinski definition) is 1. The average molecular weight is 261 g/mol. The molecule has 5 heteroatoms. The van der Waals surface area contributed by atoms with Crippen LogP contribution >= 0.6 is 0 Å². The molecule has 0 radical (unpaired) electrons. The molecule has 1 N–H and O–H groups in total. The lowest BCUT2D eigenvalue weighted by atomic mass is 10.2. The van der Waals surface area contributed by atoms with Crippen LogP contribution in [-0.4, -0.2) is 32.6 Å². The molecule has 1 aromatic heterocycles. The Balaban J connectivity index is 2.70. The third-order valence-corrected chi connectivity index (χ3v) is 3.49. The lowest BCUT2D eigenvalue weighted by molar-refractivity contribution is 0.171. The molecule has 0 amide bonds. The first-order valence-corrected chi connectivity index (χ1v) is 6.54. The molecule has 0 aliphatic carbocycles. The van der Waals surface area contributed by atoms with Gasteiger partial charge in [-0.1, -0.05) is 26.0 Å². The van der Waals surface area contributed by atoms with Gasteiger partial charge in [0.1, 0.15) is 0 Å². The summed E-state index contributed by atoms with van der Waals surface area (Å²) in [4.78, 5) is 18.3. The molecule has 0 spiro atoms. The van der Waals surface area contributed by atoms with Gasteiger partial charge >= 0.3 is 5.56 Å². The topological polar surface area (TPSA) is 58.4 Å². The molecule has 0 fully saturated rings. The molecule has 0 aliphatic rings. The third-order valence-electron chi connectivity index (χ3n) is 3.49. The maximum atomic E-state index is 12.2. The number of para-hydroxylation sites is 2. The van der Waals surface area contributed by atoms with Crippen LogP contribution in [0.1, 0.15) is 26.9 Å². The number of aromatic nitrogens is 2. The number of benzene rings is 1. The summed E-state index contributed by atoms with van der Waals surface area (Å²) in [5, 5.41) is 9.71. The second-order valence-corrected chi connectivity index (χ2v) is 4.45. The van der Waals surface area contributed by atoms with Gasteiger partial charge in [-0.25, -0.2) is 4.98 Å². The zero-order chi connectivity index (χ0) is 14.0. The van der Waals surface area contributed by atoms with Crippen molar-refractivity contribution in [3.8, 4) is 5.88 Å². The van der Waals surface area contributed by atoms with Crippen molar-refractivity contribution in [1.29, 1.82) is 0 Å². The Bertz CT molecular complexity index is 632. The van der Waals surface area contributed by atoms with E-state index in [-0.39, 0.29) is 6.17 Å². The van der Waals surface area contributed by atoms with Gasteiger partial charge in [-0.2, -0.15) is 0 Å². The van der Waals surface area contributed by atoms with Crippen molar-refractivity contribution in [3.63, 3.8) is 0 Å². The number of nitrogens with zero attached hydrogens (tertiary/aromatic N) is 3. The minimum atomic E-state index is -0.447. The predicted octanol–water partition coefficient (Wildman–Crippen LogP) is 1.96. The Hall–Kier alpha value is -1.88. The molecule has 1 atom stereocenters. The quantitative estimate of drug-likeness (QED) is 0.914. The van der Waals surface area contributed by atoms with Crippen LogP contribution in [0.15, 0.2) is 29.1 Å². The van der Waals surface area contributed by atoms with Gasteiger partial charge in [-0.15, -0.1) is 0 Å². The maximum Gasteiger partial charge on any atom is 0.314 e. The fraction of sp³-hybridized carbons (Fsp3) is 0.429. The number of hydrogen-bond acceptors (Lipinski definition) is 4. The molecule has 1 unspecified atom stereocenters. The van der Waals surface area contributed by atoms with Crippen molar-refractivity contribution < 1.29 is 5.11 Å². The van der Waals surface area contributed by atoms with Crippen molar-refractivity contribution in [3.05, 3.63) is 34.6 Å². The molecule has 19 heavy (non-hydrogen) atoms. The number of fused-ring (bicyclic) bond motifs is 1. The van der Waals surface area contributed by atoms with E-state index in [0.29, 0.717) is 5.52 Å². The summed E-state index contributed by atoms with van der Waals surface area (Å²) in [6.45, 7) is 7.73. The van der Waals surface area contributed by atoms with E-state index in [4.69, 9.17) is 0 Å². The Morgan fingerprint density at radius 2 is 1.95 bits per heavy atom. The van der Waals surface area contributed by atoms with Crippen LogP contribution in [0.5, 0.6) is 5.88 Å². The van der Waals surface area contributed by atoms with E-state index in [9.17, 15) is 9.90 Å². The van der Waals surface area contributed by atoms with Crippen molar-refractivity contribution in [2.24, 2.45) is 0 Å². The Morgan fingerprint density at radius 1 is 1.32 bits per heavy atom. The normalized spacial score (nSPS) is 13.1. The Morgan fingerprint density at radius 3 is 2.58 bits per heavy atom. The first kappa shape index (κ1) is 13.5. The van der Waals surface area contributed by atoms with Crippen LogP contribution in [0, 0.1) is 0 Å². The standard InChI is InChI=1S/C14H19N3O2/c1-4-16(5-2)10(3)17-12-9-7-6-8-11(12)15-13(18)14(17)19/h6-10H,4-5H2,1-3H3,(H,15,18). The van der Waals surface area contributed by atoms with Crippen LogP contribution in [-0.2, 0) is 0 Å². The van der Waals surface area contributed by atoms with Gasteiger partial charge < -0.3 is 5.11 Å². The van der Waals surface area contributed by atoms with E-state index in [1.165, 1.54) is 0 Å². The van der Waals surface area contributed by atoms with Gasteiger partial charge in [0, 0.05) is 0 Å². The summed E-state index contributed by atoms with van der Waals surface area (Å²) in [6.07, 6.45) is -0.124. The smallest absolute Gasteiger partial charge is 0.314 e. The SMILES string of the molecule is CCN(CC)C(C)n1c(=O)c(O)nc2ccccc21. The van der Waals surface area contributed by atoms with Gasteiger partial charge in [0.05, 0.1) is 17.2 Å². The van der Waals surface area contributed by atoms with Gasteiger partial charge in [-0.05, 0) is 32.1 Å². The summed E-state index contributed by atoms with van der Waals surface area (Å²) in [5.41, 5.74) is 0.918. The Kier molecular flexibility index (Phi) is 3.85. The highest BCUT2D eigenvalue weighted by Crippen LogP contribution is 2.18. The molecule has 5 nitrogen and oxygen atoms in total. The van der Waals surface area contributed by atoms with E-state index in [2.05, 4.69) is 9.88 Å². The van der Waals surface area contributed by atoms with Crippen molar-refractivity contribution in [2.75, 3.05) is 13.1 Å². The lowest BCUT2D eigenvalue weighted by Crippen LogP contribution is -2.36. The van der Waals surface area contributed by atoms with Crippen molar-refractivity contribution in [1.82, 2.24) is 14.5 Å². The van der Waals surface area contributed by atoms with Gasteiger partial charge in [0.2, 0.25) is 0 Å². The highest BCUT2D eigenvalue weighted by molar-refractivity contribution is 5.75. The van der Waals surface area contributed by atoms with Gasteiger partial charge in [0.15, 0.2) is 0 Å². The van der Waals surface area contributed by atoms with Crippen molar-refractivity contribution >= 4 is 11.0 Å². The fourth-order valence-corrected chi connectivity index (χ4v) is 2.43. The molecule has 0 aliphatic heterocycles. The number of aromatic hydroxyl groups is 1. The minimum Gasteiger partial charge on any atom is -0.489 e. The molecule has 0 saturated carbocycles. The zero-order valence-corrected chi connectivity index (χ0v) is 11.5.